The molecule has 0 aliphatic carbocycles. The summed E-state index contributed by atoms with van der Waals surface area (Å²) in [6, 6.07) is 4.43. The van der Waals surface area contributed by atoms with E-state index in [9.17, 15) is 13.2 Å². The van der Waals surface area contributed by atoms with Crippen molar-refractivity contribution in [3.8, 4) is 0 Å². The Morgan fingerprint density at radius 2 is 1.89 bits per heavy atom. The number of halogens is 3. The van der Waals surface area contributed by atoms with Gasteiger partial charge >= 0.3 is 6.18 Å². The van der Waals surface area contributed by atoms with Gasteiger partial charge in [-0.15, -0.1) is 5.11 Å². The maximum absolute atomic E-state index is 12.5. The second kappa shape index (κ2) is 4.59. The Labute approximate surface area is 105 Å². The van der Waals surface area contributed by atoms with Gasteiger partial charge in [0.2, 0.25) is 0 Å². The minimum Gasteiger partial charge on any atom is -0.382 e. The lowest BCUT2D eigenvalue weighted by atomic mass is 10.2. The van der Waals surface area contributed by atoms with Crippen molar-refractivity contribution < 1.29 is 13.2 Å². The first-order valence-electron chi connectivity index (χ1n) is 5.06. The van der Waals surface area contributed by atoms with E-state index < -0.39 is 11.7 Å². The van der Waals surface area contributed by atoms with Crippen molar-refractivity contribution in [2.75, 3.05) is 11.5 Å². The topological polar surface area (TPSA) is 105 Å². The molecule has 19 heavy (non-hydrogen) atoms. The Morgan fingerprint density at radius 3 is 2.47 bits per heavy atom. The fraction of sp³-hybridized carbons (Fsp3) is 0.100. The van der Waals surface area contributed by atoms with Crippen molar-refractivity contribution in [1.82, 2.24) is 10.2 Å². The summed E-state index contributed by atoms with van der Waals surface area (Å²) in [5.74, 6) is 0.112. The number of rotatable bonds is 2. The van der Waals surface area contributed by atoms with Gasteiger partial charge in [-0.3, -0.25) is 5.10 Å². The molecule has 0 saturated carbocycles. The zero-order chi connectivity index (χ0) is 14.0. The van der Waals surface area contributed by atoms with Crippen LogP contribution >= 0.6 is 0 Å². The van der Waals surface area contributed by atoms with Crippen LogP contribution in [0.15, 0.2) is 34.5 Å². The van der Waals surface area contributed by atoms with E-state index in [1.165, 1.54) is 12.1 Å². The molecule has 2 rings (SSSR count). The minimum atomic E-state index is -4.43. The van der Waals surface area contributed by atoms with Crippen LogP contribution < -0.4 is 11.5 Å². The minimum absolute atomic E-state index is 0.0215. The van der Waals surface area contributed by atoms with Gasteiger partial charge in [-0.2, -0.15) is 23.4 Å². The van der Waals surface area contributed by atoms with Crippen LogP contribution in [0.3, 0.4) is 0 Å². The second-order valence-electron chi connectivity index (χ2n) is 3.62. The zero-order valence-electron chi connectivity index (χ0n) is 9.44. The van der Waals surface area contributed by atoms with Gasteiger partial charge in [0.1, 0.15) is 5.82 Å². The third kappa shape index (κ3) is 2.81. The Hall–Kier alpha value is -2.58. The molecule has 100 valence electrons. The summed E-state index contributed by atoms with van der Waals surface area (Å²) in [7, 11) is 0. The lowest BCUT2D eigenvalue weighted by Gasteiger charge is -2.05. The van der Waals surface area contributed by atoms with Crippen LogP contribution in [0.1, 0.15) is 5.56 Å². The molecule has 0 saturated heterocycles. The van der Waals surface area contributed by atoms with Gasteiger partial charge in [-0.25, -0.2) is 0 Å². The fourth-order valence-corrected chi connectivity index (χ4v) is 1.32. The van der Waals surface area contributed by atoms with Gasteiger partial charge in [-0.1, -0.05) is 6.07 Å². The van der Waals surface area contributed by atoms with Crippen molar-refractivity contribution >= 4 is 23.0 Å². The smallest absolute Gasteiger partial charge is 0.382 e. The third-order valence-corrected chi connectivity index (χ3v) is 2.23. The summed E-state index contributed by atoms with van der Waals surface area (Å²) in [6.07, 6.45) is -4.43. The van der Waals surface area contributed by atoms with E-state index in [0.717, 1.165) is 12.1 Å². The van der Waals surface area contributed by atoms with Gasteiger partial charge in [0.15, 0.2) is 11.5 Å². The lowest BCUT2D eigenvalue weighted by Crippen LogP contribution is -2.03. The van der Waals surface area contributed by atoms with E-state index in [-0.39, 0.29) is 23.0 Å². The second-order valence-corrected chi connectivity index (χ2v) is 3.62. The van der Waals surface area contributed by atoms with E-state index in [1.54, 1.807) is 0 Å². The molecule has 0 aliphatic rings. The van der Waals surface area contributed by atoms with E-state index in [1.807, 2.05) is 0 Å². The molecule has 5 N–H and O–H groups in total. The van der Waals surface area contributed by atoms with Crippen molar-refractivity contribution in [2.24, 2.45) is 10.2 Å². The van der Waals surface area contributed by atoms with Crippen LogP contribution in [-0.2, 0) is 6.18 Å². The van der Waals surface area contributed by atoms with Crippen LogP contribution in [0.25, 0.3) is 0 Å². The standard InChI is InChI=1S/C10H9F3N6/c11-10(12,13)5-2-1-3-6(4-5)16-17-7-8(14)18-19-9(7)15/h1-4H,(H5,14,15,18,19). The maximum Gasteiger partial charge on any atom is 0.416 e. The first-order chi connectivity index (χ1) is 8.88. The Bertz CT molecular complexity index is 596. The summed E-state index contributed by atoms with van der Waals surface area (Å²) in [5, 5.41) is 13.3. The molecular formula is C10H9F3N6. The number of hydrogen-bond donors (Lipinski definition) is 3. The number of alkyl halides is 3. The van der Waals surface area contributed by atoms with Crippen LogP contribution in [0.2, 0.25) is 0 Å². The number of azo groups is 1. The number of nitrogens with zero attached hydrogens (tertiary/aromatic N) is 3. The van der Waals surface area contributed by atoms with Gasteiger partial charge in [0, 0.05) is 0 Å². The zero-order valence-corrected chi connectivity index (χ0v) is 9.44. The number of nitrogens with two attached hydrogens (primary N) is 2. The predicted molar refractivity (Wildman–Crippen MR) is 63.0 cm³/mol. The molecule has 0 unspecified atom stereocenters. The van der Waals surface area contributed by atoms with Crippen LogP contribution in [-0.4, -0.2) is 10.2 Å². The number of hydrogen-bond acceptors (Lipinski definition) is 5. The molecular weight excluding hydrogens is 261 g/mol. The van der Waals surface area contributed by atoms with Gasteiger partial charge in [0.25, 0.3) is 0 Å². The van der Waals surface area contributed by atoms with Gasteiger partial charge in [0.05, 0.1) is 11.3 Å². The molecule has 0 spiro atoms. The first-order valence-corrected chi connectivity index (χ1v) is 5.06. The monoisotopic (exact) mass is 270 g/mol. The molecule has 0 bridgehead atoms. The summed E-state index contributed by atoms with van der Waals surface area (Å²) >= 11 is 0. The molecule has 0 atom stereocenters. The SMILES string of the molecule is Nc1n[nH]c(N)c1N=Nc1cccc(C(F)(F)F)c1. The van der Waals surface area contributed by atoms with Crippen molar-refractivity contribution in [3.63, 3.8) is 0 Å². The molecule has 1 heterocycles. The van der Waals surface area contributed by atoms with E-state index in [0.29, 0.717) is 0 Å². The summed E-state index contributed by atoms with van der Waals surface area (Å²) < 4.78 is 37.4. The normalized spacial score (nSPS) is 12.2. The molecule has 0 fully saturated rings. The quantitative estimate of drug-likeness (QED) is 0.730. The third-order valence-electron chi connectivity index (χ3n) is 2.23. The van der Waals surface area contributed by atoms with E-state index in [4.69, 9.17) is 11.5 Å². The van der Waals surface area contributed by atoms with Crippen LogP contribution in [0.4, 0.5) is 36.2 Å². The molecule has 0 aliphatic heterocycles. The van der Waals surface area contributed by atoms with Crippen LogP contribution in [0.5, 0.6) is 0 Å². The first kappa shape index (κ1) is 12.9. The summed E-state index contributed by atoms with van der Waals surface area (Å²) in [5.41, 5.74) is 10.2. The highest BCUT2D eigenvalue weighted by molar-refractivity contribution is 5.70. The highest BCUT2D eigenvalue weighted by atomic mass is 19.4. The molecule has 0 amide bonds. The lowest BCUT2D eigenvalue weighted by molar-refractivity contribution is -0.137. The van der Waals surface area contributed by atoms with Crippen molar-refractivity contribution in [1.29, 1.82) is 0 Å². The predicted octanol–water partition coefficient (Wildman–Crippen LogP) is 3.01. The van der Waals surface area contributed by atoms with Gasteiger partial charge < -0.3 is 11.5 Å². The van der Waals surface area contributed by atoms with E-state index >= 15 is 0 Å². The van der Waals surface area contributed by atoms with E-state index in [2.05, 4.69) is 20.4 Å². The molecule has 1 aromatic heterocycles. The highest BCUT2D eigenvalue weighted by Crippen LogP contribution is 2.33. The number of anilines is 2. The average Bonchev–Trinajstić information content (AvgIpc) is 2.66. The number of nitrogen functional groups attached to an aromatic ring is 2. The summed E-state index contributed by atoms with van der Waals surface area (Å²) in [6.45, 7) is 0. The number of nitrogens with one attached hydrogen (secondary N) is 1. The largest absolute Gasteiger partial charge is 0.416 e. The number of aromatic amines is 1. The Kier molecular flexibility index (Phi) is 3.11. The fourth-order valence-electron chi connectivity index (χ4n) is 1.32. The number of H-pyrrole nitrogens is 1. The Morgan fingerprint density at radius 1 is 1.16 bits per heavy atom. The Balaban J connectivity index is 2.29. The van der Waals surface area contributed by atoms with Crippen molar-refractivity contribution in [3.05, 3.63) is 29.8 Å². The van der Waals surface area contributed by atoms with Crippen LogP contribution in [0, 0.1) is 0 Å². The number of benzene rings is 1. The maximum atomic E-state index is 12.5. The molecule has 0 radical (unpaired) electrons. The summed E-state index contributed by atoms with van der Waals surface area (Å²) in [4.78, 5) is 0. The molecule has 9 heteroatoms. The molecule has 6 nitrogen and oxygen atoms in total. The molecule has 2 aromatic rings. The number of aromatic nitrogens is 2. The highest BCUT2D eigenvalue weighted by Gasteiger charge is 2.30. The average molecular weight is 270 g/mol. The van der Waals surface area contributed by atoms with Gasteiger partial charge in [-0.05, 0) is 18.2 Å². The molecule has 1 aromatic carbocycles. The van der Waals surface area contributed by atoms with Crippen molar-refractivity contribution in [2.45, 2.75) is 6.18 Å².